The summed E-state index contributed by atoms with van der Waals surface area (Å²) in [5.74, 6) is 0.495. The zero-order chi connectivity index (χ0) is 23.4. The molecule has 3 N–H and O–H groups in total. The van der Waals surface area contributed by atoms with Gasteiger partial charge in [0.05, 0.1) is 13.2 Å². The van der Waals surface area contributed by atoms with Crippen molar-refractivity contribution in [3.63, 3.8) is 0 Å². The number of benzene rings is 2. The molecule has 0 saturated carbocycles. The molecular weight excluding hydrogens is 402 g/mol. The fourth-order valence-corrected chi connectivity index (χ4v) is 3.10. The average molecular weight is 440 g/mol. The van der Waals surface area contributed by atoms with Gasteiger partial charge in [-0.1, -0.05) is 38.7 Å². The summed E-state index contributed by atoms with van der Waals surface area (Å²) in [5, 5.41) is 8.87. The van der Waals surface area contributed by atoms with Crippen LogP contribution in [0.5, 0.6) is 5.75 Å². The lowest BCUT2D eigenvalue weighted by atomic mass is 10.1. The van der Waals surface area contributed by atoms with Crippen LogP contribution >= 0.6 is 0 Å². The van der Waals surface area contributed by atoms with Gasteiger partial charge in [0.1, 0.15) is 5.75 Å². The molecule has 0 bridgehead atoms. The van der Waals surface area contributed by atoms with Crippen molar-refractivity contribution in [2.24, 2.45) is 0 Å². The quantitative estimate of drug-likeness (QED) is 0.375. The maximum Gasteiger partial charge on any atom is 0.251 e. The van der Waals surface area contributed by atoms with Gasteiger partial charge in [-0.3, -0.25) is 9.59 Å². The Morgan fingerprint density at radius 3 is 2.31 bits per heavy atom. The standard InChI is InChI=1S/C26H37N3O3/c1-5-6-7-8-9-17-32-23-12-10-11-22(18-23)27-19-24(30)28-21-15-13-20(14-16-21)25(31)29-26(2,3)4/h10-16,18,27H,5-9,17,19H2,1-4H3,(H,28,30)(H,29,31). The predicted molar refractivity (Wildman–Crippen MR) is 131 cm³/mol. The van der Waals surface area contributed by atoms with Crippen LogP contribution in [0.3, 0.4) is 0 Å². The van der Waals surface area contributed by atoms with Crippen molar-refractivity contribution in [1.82, 2.24) is 5.32 Å². The molecule has 2 amide bonds. The van der Waals surface area contributed by atoms with Crippen molar-refractivity contribution in [1.29, 1.82) is 0 Å². The normalized spacial score (nSPS) is 11.0. The largest absolute Gasteiger partial charge is 0.494 e. The van der Waals surface area contributed by atoms with Crippen molar-refractivity contribution in [2.45, 2.75) is 65.3 Å². The summed E-state index contributed by atoms with van der Waals surface area (Å²) in [4.78, 5) is 24.5. The zero-order valence-electron chi connectivity index (χ0n) is 19.8. The van der Waals surface area contributed by atoms with E-state index in [-0.39, 0.29) is 23.9 Å². The fourth-order valence-electron chi connectivity index (χ4n) is 3.10. The molecule has 32 heavy (non-hydrogen) atoms. The highest BCUT2D eigenvalue weighted by molar-refractivity contribution is 5.97. The topological polar surface area (TPSA) is 79.5 Å². The highest BCUT2D eigenvalue weighted by Crippen LogP contribution is 2.18. The Labute approximate surface area is 192 Å². The van der Waals surface area contributed by atoms with Crippen molar-refractivity contribution < 1.29 is 14.3 Å². The average Bonchev–Trinajstić information content (AvgIpc) is 2.74. The third-order valence-corrected chi connectivity index (χ3v) is 4.72. The minimum Gasteiger partial charge on any atom is -0.494 e. The molecule has 6 nitrogen and oxygen atoms in total. The second-order valence-electron chi connectivity index (χ2n) is 8.97. The van der Waals surface area contributed by atoms with E-state index in [0.29, 0.717) is 17.9 Å². The molecule has 0 aliphatic rings. The number of ether oxygens (including phenoxy) is 1. The van der Waals surface area contributed by atoms with Crippen molar-refractivity contribution in [2.75, 3.05) is 23.8 Å². The van der Waals surface area contributed by atoms with Gasteiger partial charge in [0.25, 0.3) is 5.91 Å². The van der Waals surface area contributed by atoms with E-state index in [1.165, 1.54) is 25.7 Å². The summed E-state index contributed by atoms with van der Waals surface area (Å²) >= 11 is 0. The molecule has 0 atom stereocenters. The first-order chi connectivity index (χ1) is 15.3. The van der Waals surface area contributed by atoms with Gasteiger partial charge < -0.3 is 20.7 Å². The Bertz CT molecular complexity index is 857. The summed E-state index contributed by atoms with van der Waals surface area (Å²) in [7, 11) is 0. The molecule has 0 unspecified atom stereocenters. The van der Waals surface area contributed by atoms with E-state index >= 15 is 0 Å². The summed E-state index contributed by atoms with van der Waals surface area (Å²) < 4.78 is 5.82. The maximum atomic E-state index is 12.3. The number of nitrogens with one attached hydrogen (secondary N) is 3. The van der Waals surface area contributed by atoms with Crippen LogP contribution in [0.2, 0.25) is 0 Å². The molecular formula is C26H37N3O3. The minimum atomic E-state index is -0.299. The monoisotopic (exact) mass is 439 g/mol. The smallest absolute Gasteiger partial charge is 0.251 e. The van der Waals surface area contributed by atoms with Crippen LogP contribution in [-0.2, 0) is 4.79 Å². The lowest BCUT2D eigenvalue weighted by molar-refractivity contribution is -0.114. The predicted octanol–water partition coefficient (Wildman–Crippen LogP) is 5.61. The highest BCUT2D eigenvalue weighted by Gasteiger charge is 2.15. The van der Waals surface area contributed by atoms with E-state index < -0.39 is 0 Å². The number of hydrogen-bond acceptors (Lipinski definition) is 4. The van der Waals surface area contributed by atoms with E-state index in [1.807, 2.05) is 45.0 Å². The van der Waals surface area contributed by atoms with Crippen LogP contribution in [0, 0.1) is 0 Å². The van der Waals surface area contributed by atoms with E-state index in [2.05, 4.69) is 22.9 Å². The van der Waals surface area contributed by atoms with Crippen LogP contribution in [0.15, 0.2) is 48.5 Å². The van der Waals surface area contributed by atoms with E-state index in [4.69, 9.17) is 4.74 Å². The number of unbranched alkanes of at least 4 members (excludes halogenated alkanes) is 4. The molecule has 0 aliphatic heterocycles. The molecule has 0 heterocycles. The number of anilines is 2. The van der Waals surface area contributed by atoms with E-state index in [9.17, 15) is 9.59 Å². The van der Waals surface area contributed by atoms with E-state index in [1.54, 1.807) is 24.3 Å². The van der Waals surface area contributed by atoms with E-state index in [0.717, 1.165) is 17.9 Å². The summed E-state index contributed by atoms with van der Waals surface area (Å²) in [6.45, 7) is 8.85. The summed E-state index contributed by atoms with van der Waals surface area (Å²) in [6, 6.07) is 14.5. The lowest BCUT2D eigenvalue weighted by Crippen LogP contribution is -2.40. The van der Waals surface area contributed by atoms with Crippen LogP contribution in [0.25, 0.3) is 0 Å². The van der Waals surface area contributed by atoms with Gasteiger partial charge in [-0.2, -0.15) is 0 Å². The van der Waals surface area contributed by atoms with Gasteiger partial charge in [0, 0.05) is 28.5 Å². The van der Waals surface area contributed by atoms with Gasteiger partial charge in [-0.25, -0.2) is 0 Å². The SMILES string of the molecule is CCCCCCCOc1cccc(NCC(=O)Nc2ccc(C(=O)NC(C)(C)C)cc2)c1. The zero-order valence-corrected chi connectivity index (χ0v) is 19.8. The molecule has 0 saturated heterocycles. The van der Waals surface area contributed by atoms with Crippen LogP contribution in [0.1, 0.15) is 70.2 Å². The number of carbonyl (C=O) groups is 2. The highest BCUT2D eigenvalue weighted by atomic mass is 16.5. The van der Waals surface area contributed by atoms with Crippen LogP contribution in [-0.4, -0.2) is 30.5 Å². The van der Waals surface area contributed by atoms with Gasteiger partial charge >= 0.3 is 0 Å². The molecule has 0 aromatic heterocycles. The Kier molecular flexibility index (Phi) is 10.1. The third-order valence-electron chi connectivity index (χ3n) is 4.72. The van der Waals surface area contributed by atoms with Crippen molar-refractivity contribution >= 4 is 23.2 Å². The van der Waals surface area contributed by atoms with Crippen molar-refractivity contribution in [3.05, 3.63) is 54.1 Å². The number of rotatable bonds is 12. The number of carbonyl (C=O) groups excluding carboxylic acids is 2. The van der Waals surface area contributed by atoms with Crippen molar-refractivity contribution in [3.8, 4) is 5.75 Å². The van der Waals surface area contributed by atoms with Crippen LogP contribution < -0.4 is 20.7 Å². The first-order valence-corrected chi connectivity index (χ1v) is 11.5. The molecule has 2 aromatic carbocycles. The Morgan fingerprint density at radius 2 is 1.62 bits per heavy atom. The second-order valence-corrected chi connectivity index (χ2v) is 8.97. The second kappa shape index (κ2) is 12.7. The lowest BCUT2D eigenvalue weighted by Gasteiger charge is -2.20. The first-order valence-electron chi connectivity index (χ1n) is 11.5. The maximum absolute atomic E-state index is 12.3. The van der Waals surface area contributed by atoms with Crippen LogP contribution in [0.4, 0.5) is 11.4 Å². The van der Waals surface area contributed by atoms with Gasteiger partial charge in [-0.15, -0.1) is 0 Å². The molecule has 0 radical (unpaired) electrons. The van der Waals surface area contributed by atoms with Gasteiger partial charge in [0.15, 0.2) is 0 Å². The Hall–Kier alpha value is -3.02. The molecule has 0 fully saturated rings. The summed E-state index contributed by atoms with van der Waals surface area (Å²) in [6.07, 6.45) is 6.01. The van der Waals surface area contributed by atoms with Gasteiger partial charge in [0.2, 0.25) is 5.91 Å². The number of amides is 2. The molecule has 2 aromatic rings. The molecule has 0 aliphatic carbocycles. The molecule has 6 heteroatoms. The molecule has 0 spiro atoms. The Balaban J connectivity index is 1.76. The number of hydrogen-bond donors (Lipinski definition) is 3. The third kappa shape index (κ3) is 9.86. The first kappa shape index (κ1) is 25.2. The fraction of sp³-hybridized carbons (Fsp3) is 0.462. The summed E-state index contributed by atoms with van der Waals surface area (Å²) in [5.41, 5.74) is 1.73. The minimum absolute atomic E-state index is 0.132. The Morgan fingerprint density at radius 1 is 0.906 bits per heavy atom. The molecule has 174 valence electrons. The molecule has 2 rings (SSSR count). The van der Waals surface area contributed by atoms with Gasteiger partial charge in [-0.05, 0) is 63.6 Å².